The van der Waals surface area contributed by atoms with Crippen LogP contribution in [0.25, 0.3) is 0 Å². The molecule has 0 aliphatic carbocycles. The van der Waals surface area contributed by atoms with Crippen LogP contribution in [0.1, 0.15) is 31.8 Å². The van der Waals surface area contributed by atoms with Gasteiger partial charge < -0.3 is 19.7 Å². The van der Waals surface area contributed by atoms with E-state index >= 15 is 0 Å². The molecule has 1 fully saturated rings. The fraction of sp³-hybridized carbons (Fsp3) is 0.333. The maximum absolute atomic E-state index is 13.1. The van der Waals surface area contributed by atoms with Gasteiger partial charge in [-0.05, 0) is 36.4 Å². The van der Waals surface area contributed by atoms with Gasteiger partial charge in [0, 0.05) is 24.3 Å². The number of carbonyl (C=O) groups excluding carboxylic acids is 2. The highest BCUT2D eigenvalue weighted by Gasteiger charge is 2.37. The van der Waals surface area contributed by atoms with Crippen molar-refractivity contribution in [1.82, 2.24) is 0 Å². The first-order valence-electron chi connectivity index (χ1n) is 9.56. The molecule has 0 unspecified atom stereocenters. The maximum Gasteiger partial charge on any atom is 0.416 e. The van der Waals surface area contributed by atoms with Crippen LogP contribution in [0.3, 0.4) is 0 Å². The zero-order valence-corrected chi connectivity index (χ0v) is 17.1. The highest BCUT2D eigenvalue weighted by molar-refractivity contribution is 6.08. The van der Waals surface area contributed by atoms with E-state index < -0.39 is 40.9 Å². The molecular formula is C21H18F6N2O4. The van der Waals surface area contributed by atoms with Crippen molar-refractivity contribution in [3.8, 4) is 0 Å². The summed E-state index contributed by atoms with van der Waals surface area (Å²) in [5.74, 6) is -2.10. The van der Waals surface area contributed by atoms with Crippen molar-refractivity contribution in [3.05, 3.63) is 58.7 Å². The number of carbonyl (C=O) groups is 2. The molecule has 1 aliphatic heterocycles. The molecular weight excluding hydrogens is 458 g/mol. The molecule has 1 saturated heterocycles. The van der Waals surface area contributed by atoms with Crippen LogP contribution in [0.2, 0.25) is 0 Å². The Bertz CT molecular complexity index is 1010. The molecule has 3 rings (SSSR count). The summed E-state index contributed by atoms with van der Waals surface area (Å²) in [5.41, 5.74) is -3.76. The average molecular weight is 476 g/mol. The molecule has 0 atom stereocenters. The largest absolute Gasteiger partial charge is 0.465 e. The number of rotatable bonds is 4. The van der Waals surface area contributed by atoms with Crippen LogP contribution in [-0.2, 0) is 21.8 Å². The van der Waals surface area contributed by atoms with Gasteiger partial charge in [0.2, 0.25) is 0 Å². The predicted octanol–water partition coefficient (Wildman–Crippen LogP) is 4.60. The molecule has 1 amide bonds. The van der Waals surface area contributed by atoms with Gasteiger partial charge in [-0.2, -0.15) is 26.3 Å². The number of benzene rings is 2. The number of halogens is 6. The SMILES string of the molecule is COC(=O)c1cc(N2CCOCC2)ccc1NC(=O)c1cc(C(F)(F)F)cc(C(F)(F)F)c1. The zero-order chi connectivity index (χ0) is 24.4. The number of nitrogens with zero attached hydrogens (tertiary/aromatic N) is 1. The molecule has 6 nitrogen and oxygen atoms in total. The number of morpholine rings is 1. The van der Waals surface area contributed by atoms with Crippen molar-refractivity contribution in [2.45, 2.75) is 12.4 Å². The van der Waals surface area contributed by atoms with Gasteiger partial charge in [0.15, 0.2) is 0 Å². The van der Waals surface area contributed by atoms with Crippen LogP contribution in [-0.4, -0.2) is 45.3 Å². The standard InChI is InChI=1S/C21H18F6N2O4/c1-32-19(31)16-11-15(29-4-6-33-7-5-29)2-3-17(16)28-18(30)12-8-13(20(22,23)24)10-14(9-12)21(25,26)27/h2-3,8-11H,4-7H2,1H3,(H,28,30). The molecule has 1 heterocycles. The Kier molecular flexibility index (Phi) is 6.86. The highest BCUT2D eigenvalue weighted by Crippen LogP contribution is 2.36. The van der Waals surface area contributed by atoms with Crippen molar-refractivity contribution in [3.63, 3.8) is 0 Å². The van der Waals surface area contributed by atoms with E-state index in [1.807, 2.05) is 4.90 Å². The van der Waals surface area contributed by atoms with Crippen molar-refractivity contribution in [1.29, 1.82) is 0 Å². The number of amides is 1. The third kappa shape index (κ3) is 5.75. The number of methoxy groups -OCH3 is 1. The van der Waals surface area contributed by atoms with Crippen molar-refractivity contribution in [2.75, 3.05) is 43.6 Å². The van der Waals surface area contributed by atoms with E-state index in [4.69, 9.17) is 9.47 Å². The lowest BCUT2D eigenvalue weighted by atomic mass is 10.0. The summed E-state index contributed by atoms with van der Waals surface area (Å²) < 4.78 is 88.5. The molecule has 2 aromatic carbocycles. The topological polar surface area (TPSA) is 67.9 Å². The number of ether oxygens (including phenoxy) is 2. The maximum atomic E-state index is 13.1. The number of nitrogens with one attached hydrogen (secondary N) is 1. The first-order valence-corrected chi connectivity index (χ1v) is 9.56. The molecule has 0 aromatic heterocycles. The van der Waals surface area contributed by atoms with Crippen LogP contribution in [0, 0.1) is 0 Å². The van der Waals surface area contributed by atoms with Gasteiger partial charge in [-0.25, -0.2) is 4.79 Å². The van der Waals surface area contributed by atoms with E-state index in [0.29, 0.717) is 44.1 Å². The molecule has 2 aromatic rings. The normalized spacial score (nSPS) is 14.7. The van der Waals surface area contributed by atoms with Crippen molar-refractivity contribution >= 4 is 23.3 Å². The van der Waals surface area contributed by atoms with Gasteiger partial charge in [-0.1, -0.05) is 0 Å². The Balaban J connectivity index is 1.97. The second-order valence-corrected chi connectivity index (χ2v) is 7.07. The summed E-state index contributed by atoms with van der Waals surface area (Å²) in [7, 11) is 1.09. The minimum atomic E-state index is -5.10. The van der Waals surface area contributed by atoms with Crippen LogP contribution >= 0.6 is 0 Å². The van der Waals surface area contributed by atoms with Crippen LogP contribution in [0.4, 0.5) is 37.7 Å². The smallest absolute Gasteiger partial charge is 0.416 e. The minimum absolute atomic E-state index is 0.0756. The first-order chi connectivity index (χ1) is 15.4. The lowest BCUT2D eigenvalue weighted by Gasteiger charge is -2.29. The molecule has 0 spiro atoms. The van der Waals surface area contributed by atoms with Crippen molar-refractivity contribution < 1.29 is 45.4 Å². The summed E-state index contributed by atoms with van der Waals surface area (Å²) in [6.07, 6.45) is -10.2. The van der Waals surface area contributed by atoms with Gasteiger partial charge in [0.1, 0.15) is 0 Å². The third-order valence-corrected chi connectivity index (χ3v) is 4.88. The Morgan fingerprint density at radius 1 is 0.939 bits per heavy atom. The quantitative estimate of drug-likeness (QED) is 0.516. The Morgan fingerprint density at radius 2 is 1.52 bits per heavy atom. The van der Waals surface area contributed by atoms with E-state index in [2.05, 4.69) is 5.32 Å². The van der Waals surface area contributed by atoms with Gasteiger partial charge in [0.25, 0.3) is 5.91 Å². The molecule has 1 aliphatic rings. The fourth-order valence-electron chi connectivity index (χ4n) is 3.22. The van der Waals surface area contributed by atoms with Gasteiger partial charge in [0.05, 0.1) is 42.7 Å². The number of hydrogen-bond donors (Lipinski definition) is 1. The molecule has 0 saturated carbocycles. The molecule has 12 heteroatoms. The van der Waals surface area contributed by atoms with Gasteiger partial charge in [-0.3, -0.25) is 4.79 Å². The summed E-state index contributed by atoms with van der Waals surface area (Å²) in [5, 5.41) is 2.21. The summed E-state index contributed by atoms with van der Waals surface area (Å²) in [6, 6.07) is 4.84. The fourth-order valence-corrected chi connectivity index (χ4v) is 3.22. The van der Waals surface area contributed by atoms with Gasteiger partial charge >= 0.3 is 18.3 Å². The van der Waals surface area contributed by atoms with E-state index in [1.54, 1.807) is 6.07 Å². The molecule has 0 radical (unpaired) electrons. The van der Waals surface area contributed by atoms with E-state index in [0.717, 1.165) is 7.11 Å². The van der Waals surface area contributed by atoms with E-state index in [1.165, 1.54) is 12.1 Å². The second-order valence-electron chi connectivity index (χ2n) is 7.07. The third-order valence-electron chi connectivity index (χ3n) is 4.88. The average Bonchev–Trinajstić information content (AvgIpc) is 2.78. The molecule has 33 heavy (non-hydrogen) atoms. The number of esters is 1. The molecule has 0 bridgehead atoms. The van der Waals surface area contributed by atoms with E-state index in [9.17, 15) is 35.9 Å². The lowest BCUT2D eigenvalue weighted by Crippen LogP contribution is -2.36. The molecule has 1 N–H and O–H groups in total. The predicted molar refractivity (Wildman–Crippen MR) is 105 cm³/mol. The Labute approximate surface area is 184 Å². The second kappa shape index (κ2) is 9.30. The number of anilines is 2. The van der Waals surface area contributed by atoms with Crippen LogP contribution < -0.4 is 10.2 Å². The highest BCUT2D eigenvalue weighted by atomic mass is 19.4. The summed E-state index contributed by atoms with van der Waals surface area (Å²) in [4.78, 5) is 26.7. The molecule has 178 valence electrons. The van der Waals surface area contributed by atoms with E-state index in [-0.39, 0.29) is 17.3 Å². The van der Waals surface area contributed by atoms with Crippen molar-refractivity contribution in [2.24, 2.45) is 0 Å². The number of alkyl halides is 6. The lowest BCUT2D eigenvalue weighted by molar-refractivity contribution is -0.143. The summed E-state index contributed by atoms with van der Waals surface area (Å²) in [6.45, 7) is 2.00. The van der Waals surface area contributed by atoms with Crippen LogP contribution in [0.15, 0.2) is 36.4 Å². The Morgan fingerprint density at radius 3 is 2.03 bits per heavy atom. The van der Waals surface area contributed by atoms with Crippen LogP contribution in [0.5, 0.6) is 0 Å². The van der Waals surface area contributed by atoms with Gasteiger partial charge in [-0.15, -0.1) is 0 Å². The Hall–Kier alpha value is -3.28. The summed E-state index contributed by atoms with van der Waals surface area (Å²) >= 11 is 0. The first kappa shape index (κ1) is 24.4. The number of hydrogen-bond acceptors (Lipinski definition) is 5. The zero-order valence-electron chi connectivity index (χ0n) is 17.1. The minimum Gasteiger partial charge on any atom is -0.465 e. The monoisotopic (exact) mass is 476 g/mol.